The van der Waals surface area contributed by atoms with Gasteiger partial charge in [-0.05, 0) is 62.1 Å². The molecular weight excluding hydrogens is 414 g/mol. The zero-order chi connectivity index (χ0) is 21.8. The molecule has 1 aliphatic rings. The van der Waals surface area contributed by atoms with Crippen LogP contribution in [-0.2, 0) is 11.3 Å². The maximum atomic E-state index is 11.7. The Hall–Kier alpha value is -1.13. The Bertz CT molecular complexity index is 889. The lowest BCUT2D eigenvalue weighted by atomic mass is 9.92. The minimum atomic E-state index is -0.692. The van der Waals surface area contributed by atoms with Crippen molar-refractivity contribution < 1.29 is 9.90 Å². The van der Waals surface area contributed by atoms with E-state index in [4.69, 9.17) is 11.6 Å². The Morgan fingerprint density at radius 3 is 2.73 bits per heavy atom. The van der Waals surface area contributed by atoms with Gasteiger partial charge in [0.25, 0.3) is 0 Å². The lowest BCUT2D eigenvalue weighted by molar-refractivity contribution is -0.137. The predicted molar refractivity (Wildman–Crippen MR) is 129 cm³/mol. The van der Waals surface area contributed by atoms with Crippen LogP contribution in [0.15, 0.2) is 17.0 Å². The van der Waals surface area contributed by atoms with Crippen molar-refractivity contribution in [3.63, 3.8) is 0 Å². The van der Waals surface area contributed by atoms with E-state index in [1.807, 2.05) is 11.8 Å². The van der Waals surface area contributed by atoms with Crippen LogP contribution in [0, 0.1) is 6.92 Å². The third kappa shape index (κ3) is 5.02. The molecule has 0 spiro atoms. The molecule has 1 aromatic carbocycles. The number of thioether (sulfide) groups is 1. The van der Waals surface area contributed by atoms with E-state index in [-0.39, 0.29) is 12.3 Å². The normalized spacial score (nSPS) is 17.5. The first-order valence-electron chi connectivity index (χ1n) is 11.5. The van der Waals surface area contributed by atoms with Crippen LogP contribution >= 0.6 is 23.4 Å². The first-order valence-corrected chi connectivity index (χ1v) is 12.9. The molecule has 0 amide bonds. The van der Waals surface area contributed by atoms with Gasteiger partial charge in [0.15, 0.2) is 0 Å². The molecule has 0 fully saturated rings. The first kappa shape index (κ1) is 23.5. The van der Waals surface area contributed by atoms with Crippen molar-refractivity contribution in [1.82, 2.24) is 4.57 Å². The summed E-state index contributed by atoms with van der Waals surface area (Å²) >= 11 is 8.02. The van der Waals surface area contributed by atoms with Crippen LogP contribution in [0.25, 0.3) is 10.9 Å². The quantitative estimate of drug-likeness (QED) is 0.298. The number of fused-ring (bicyclic) bond motifs is 3. The van der Waals surface area contributed by atoms with Gasteiger partial charge in [0.05, 0.1) is 6.42 Å². The summed E-state index contributed by atoms with van der Waals surface area (Å²) in [6, 6.07) is 4.65. The molecular formula is C25H36ClNO2S. The second-order valence-electron chi connectivity index (χ2n) is 9.07. The summed E-state index contributed by atoms with van der Waals surface area (Å²) in [6.45, 7) is 9.95. The highest BCUT2D eigenvalue weighted by Crippen LogP contribution is 2.48. The van der Waals surface area contributed by atoms with Crippen molar-refractivity contribution in [2.45, 2.75) is 101 Å². The largest absolute Gasteiger partial charge is 0.481 e. The van der Waals surface area contributed by atoms with E-state index in [9.17, 15) is 9.90 Å². The van der Waals surface area contributed by atoms with Crippen molar-refractivity contribution in [3.8, 4) is 0 Å². The molecule has 0 radical (unpaired) electrons. The van der Waals surface area contributed by atoms with E-state index >= 15 is 0 Å². The average molecular weight is 450 g/mol. The minimum absolute atomic E-state index is 0.0989. The molecule has 2 aromatic rings. The number of carbonyl (C=O) groups is 1. The van der Waals surface area contributed by atoms with Crippen molar-refractivity contribution in [2.24, 2.45) is 0 Å². The molecule has 30 heavy (non-hydrogen) atoms. The van der Waals surface area contributed by atoms with Gasteiger partial charge in [-0.2, -0.15) is 0 Å². The number of carboxylic acid groups (broad SMARTS) is 1. The van der Waals surface area contributed by atoms with Gasteiger partial charge >= 0.3 is 5.97 Å². The Balaban J connectivity index is 2.22. The molecule has 0 saturated heterocycles. The SMILES string of the molecule is CCCC(CCCCl)Sc1c2n(c3cc(C)cc(C(C)C)c13)CCC[C@@H]2CC(=O)O. The number of aromatic nitrogens is 1. The fourth-order valence-corrected chi connectivity index (χ4v) is 6.82. The van der Waals surface area contributed by atoms with Gasteiger partial charge in [-0.3, -0.25) is 4.79 Å². The number of aryl methyl sites for hydroxylation is 2. The standard InChI is InChI=1S/C25H36ClNO2S/c1-5-8-19(10-6-11-26)30-25-23-20(16(2)3)13-17(4)14-21(23)27-12-7-9-18(24(25)27)15-22(28)29/h13-14,16,18-19H,5-12,15H2,1-4H3,(H,28,29)/t18-,19?/m1/s1. The zero-order valence-corrected chi connectivity index (χ0v) is 20.4. The maximum absolute atomic E-state index is 11.7. The van der Waals surface area contributed by atoms with Gasteiger partial charge in [0, 0.05) is 45.1 Å². The molecule has 0 aliphatic carbocycles. The Kier molecular flexibility index (Phi) is 8.20. The van der Waals surface area contributed by atoms with Gasteiger partial charge in [0.2, 0.25) is 0 Å². The lowest BCUT2D eigenvalue weighted by Crippen LogP contribution is -2.18. The molecule has 0 saturated carbocycles. The zero-order valence-electron chi connectivity index (χ0n) is 18.8. The molecule has 2 atom stereocenters. The number of alkyl halides is 1. The summed E-state index contributed by atoms with van der Waals surface area (Å²) in [5.41, 5.74) is 5.27. The van der Waals surface area contributed by atoms with Crippen LogP contribution in [0.2, 0.25) is 0 Å². The third-order valence-electron chi connectivity index (χ3n) is 6.25. The Morgan fingerprint density at radius 1 is 1.33 bits per heavy atom. The van der Waals surface area contributed by atoms with E-state index in [0.29, 0.717) is 17.0 Å². The number of benzene rings is 1. The Labute approximate surface area is 190 Å². The van der Waals surface area contributed by atoms with Gasteiger partial charge in [-0.1, -0.05) is 33.3 Å². The highest BCUT2D eigenvalue weighted by atomic mass is 35.5. The first-order chi connectivity index (χ1) is 14.4. The smallest absolute Gasteiger partial charge is 0.304 e. The fourth-order valence-electron chi connectivity index (χ4n) is 4.95. The number of hydrogen-bond acceptors (Lipinski definition) is 2. The maximum Gasteiger partial charge on any atom is 0.304 e. The lowest BCUT2D eigenvalue weighted by Gasteiger charge is -2.26. The summed E-state index contributed by atoms with van der Waals surface area (Å²) < 4.78 is 2.46. The number of hydrogen-bond donors (Lipinski definition) is 1. The van der Waals surface area contributed by atoms with Crippen molar-refractivity contribution >= 4 is 40.2 Å². The summed E-state index contributed by atoms with van der Waals surface area (Å²) in [6.07, 6.45) is 6.70. The van der Waals surface area contributed by atoms with E-state index in [0.717, 1.165) is 38.6 Å². The molecule has 5 heteroatoms. The number of rotatable bonds is 10. The van der Waals surface area contributed by atoms with Crippen LogP contribution < -0.4 is 0 Å². The molecule has 1 N–H and O–H groups in total. The molecule has 1 aliphatic heterocycles. The van der Waals surface area contributed by atoms with Crippen LogP contribution in [0.1, 0.15) is 94.4 Å². The summed E-state index contributed by atoms with van der Waals surface area (Å²) in [5, 5.41) is 11.5. The molecule has 1 aromatic heterocycles. The number of carboxylic acids is 1. The highest BCUT2D eigenvalue weighted by Gasteiger charge is 2.31. The van der Waals surface area contributed by atoms with E-state index in [1.54, 1.807) is 0 Å². The number of aliphatic carboxylic acids is 1. The van der Waals surface area contributed by atoms with Gasteiger partial charge < -0.3 is 9.67 Å². The monoisotopic (exact) mass is 449 g/mol. The van der Waals surface area contributed by atoms with Crippen molar-refractivity contribution in [3.05, 3.63) is 29.0 Å². The fraction of sp³-hybridized carbons (Fsp3) is 0.640. The summed E-state index contributed by atoms with van der Waals surface area (Å²) in [5.74, 6) is 0.540. The van der Waals surface area contributed by atoms with Gasteiger partial charge in [0.1, 0.15) is 0 Å². The van der Waals surface area contributed by atoms with Crippen molar-refractivity contribution in [1.29, 1.82) is 0 Å². The van der Waals surface area contributed by atoms with Crippen LogP contribution in [-0.4, -0.2) is 26.8 Å². The number of nitrogens with zero attached hydrogens (tertiary/aromatic N) is 1. The van der Waals surface area contributed by atoms with Crippen LogP contribution in [0.3, 0.4) is 0 Å². The van der Waals surface area contributed by atoms with Crippen molar-refractivity contribution in [2.75, 3.05) is 5.88 Å². The minimum Gasteiger partial charge on any atom is -0.481 e. The van der Waals surface area contributed by atoms with Crippen LogP contribution in [0.4, 0.5) is 0 Å². The molecule has 3 rings (SSSR count). The Morgan fingerprint density at radius 2 is 2.10 bits per heavy atom. The summed E-state index contributed by atoms with van der Waals surface area (Å²) in [4.78, 5) is 13.0. The second-order valence-corrected chi connectivity index (χ2v) is 10.8. The topological polar surface area (TPSA) is 42.2 Å². The molecule has 2 heterocycles. The average Bonchev–Trinajstić information content (AvgIpc) is 2.99. The molecule has 0 bridgehead atoms. The number of halogens is 1. The highest BCUT2D eigenvalue weighted by molar-refractivity contribution is 8.00. The third-order valence-corrected chi connectivity index (χ3v) is 7.97. The van der Waals surface area contributed by atoms with Gasteiger partial charge in [-0.15, -0.1) is 23.4 Å². The van der Waals surface area contributed by atoms with Crippen LogP contribution in [0.5, 0.6) is 0 Å². The molecule has 3 nitrogen and oxygen atoms in total. The molecule has 166 valence electrons. The van der Waals surface area contributed by atoms with Gasteiger partial charge in [-0.25, -0.2) is 0 Å². The summed E-state index contributed by atoms with van der Waals surface area (Å²) in [7, 11) is 0. The second kappa shape index (κ2) is 10.5. The van der Waals surface area contributed by atoms with E-state index in [2.05, 4.69) is 44.4 Å². The van der Waals surface area contributed by atoms with E-state index in [1.165, 1.54) is 39.0 Å². The van der Waals surface area contributed by atoms with E-state index < -0.39 is 5.97 Å². The molecule has 1 unspecified atom stereocenters. The predicted octanol–water partition coefficient (Wildman–Crippen LogP) is 7.71.